The normalized spacial score (nSPS) is 45.0. The Morgan fingerprint density at radius 3 is 2.64 bits per heavy atom. The minimum atomic E-state index is -0.573. The van der Waals surface area contributed by atoms with Crippen molar-refractivity contribution in [3.05, 3.63) is 11.6 Å². The van der Waals surface area contributed by atoms with Crippen LogP contribution < -0.4 is 0 Å². The Morgan fingerprint density at radius 2 is 2.00 bits per heavy atom. The summed E-state index contributed by atoms with van der Waals surface area (Å²) in [5.41, 5.74) is 1.35. The van der Waals surface area contributed by atoms with E-state index in [9.17, 15) is 9.90 Å². The number of hydrogen-bond acceptors (Lipinski definition) is 1. The number of fused-ring (bicyclic) bond motifs is 3. The van der Waals surface area contributed by atoms with Crippen molar-refractivity contribution in [2.45, 2.75) is 72.6 Å². The van der Waals surface area contributed by atoms with Crippen LogP contribution in [0.4, 0.5) is 0 Å². The van der Waals surface area contributed by atoms with E-state index in [-0.39, 0.29) is 5.41 Å². The summed E-state index contributed by atoms with van der Waals surface area (Å²) >= 11 is 0. The maximum Gasteiger partial charge on any atom is 0.309 e. The Morgan fingerprint density at radius 1 is 1.27 bits per heavy atom. The summed E-state index contributed by atoms with van der Waals surface area (Å²) < 4.78 is 0. The van der Waals surface area contributed by atoms with Gasteiger partial charge in [0.05, 0.1) is 5.41 Å². The maximum atomic E-state index is 12.0. The van der Waals surface area contributed by atoms with Crippen molar-refractivity contribution < 1.29 is 9.90 Å². The fraction of sp³-hybridized carbons (Fsp3) is 0.850. The van der Waals surface area contributed by atoms with Crippen molar-refractivity contribution >= 4 is 5.97 Å². The summed E-state index contributed by atoms with van der Waals surface area (Å²) in [5.74, 6) is 1.98. The van der Waals surface area contributed by atoms with Gasteiger partial charge in [-0.15, -0.1) is 0 Å². The van der Waals surface area contributed by atoms with Gasteiger partial charge in [-0.3, -0.25) is 4.79 Å². The molecule has 3 aliphatic carbocycles. The first-order chi connectivity index (χ1) is 10.3. The van der Waals surface area contributed by atoms with E-state index < -0.39 is 11.4 Å². The summed E-state index contributed by atoms with van der Waals surface area (Å²) in [6.45, 7) is 9.11. The molecule has 0 unspecified atom stereocenters. The first-order valence-corrected chi connectivity index (χ1v) is 9.21. The number of hydrogen-bond donors (Lipinski definition) is 1. The molecule has 3 aliphatic rings. The van der Waals surface area contributed by atoms with Gasteiger partial charge >= 0.3 is 5.97 Å². The van der Waals surface area contributed by atoms with Crippen LogP contribution in [-0.4, -0.2) is 11.1 Å². The molecule has 0 bridgehead atoms. The molecule has 124 valence electrons. The van der Waals surface area contributed by atoms with E-state index in [4.69, 9.17) is 0 Å². The van der Waals surface area contributed by atoms with Crippen LogP contribution in [0.1, 0.15) is 72.6 Å². The molecule has 0 saturated heterocycles. The van der Waals surface area contributed by atoms with E-state index in [1.807, 2.05) is 6.92 Å². The highest BCUT2D eigenvalue weighted by Gasteiger charge is 2.57. The topological polar surface area (TPSA) is 37.3 Å². The number of carbonyl (C=O) groups is 1. The Bertz CT molecular complexity index is 492. The third-order valence-electron chi connectivity index (χ3n) is 7.59. The van der Waals surface area contributed by atoms with Gasteiger partial charge < -0.3 is 5.11 Å². The van der Waals surface area contributed by atoms with Crippen LogP contribution in [-0.2, 0) is 4.79 Å². The van der Waals surface area contributed by atoms with Gasteiger partial charge in [0.25, 0.3) is 0 Å². The van der Waals surface area contributed by atoms with E-state index in [2.05, 4.69) is 26.8 Å². The van der Waals surface area contributed by atoms with Crippen LogP contribution >= 0.6 is 0 Å². The van der Waals surface area contributed by atoms with Gasteiger partial charge in [0.2, 0.25) is 0 Å². The lowest BCUT2D eigenvalue weighted by molar-refractivity contribution is -0.163. The monoisotopic (exact) mass is 304 g/mol. The predicted molar refractivity (Wildman–Crippen MR) is 89.6 cm³/mol. The fourth-order valence-electron chi connectivity index (χ4n) is 6.05. The van der Waals surface area contributed by atoms with Crippen molar-refractivity contribution in [3.8, 4) is 0 Å². The highest BCUT2D eigenvalue weighted by Crippen LogP contribution is 2.62. The van der Waals surface area contributed by atoms with Gasteiger partial charge in [-0.2, -0.15) is 0 Å². The Hall–Kier alpha value is -0.790. The van der Waals surface area contributed by atoms with Crippen LogP contribution in [0.15, 0.2) is 11.6 Å². The zero-order valence-electron chi connectivity index (χ0n) is 14.7. The van der Waals surface area contributed by atoms with E-state index >= 15 is 0 Å². The molecule has 0 spiro atoms. The quantitative estimate of drug-likeness (QED) is 0.704. The van der Waals surface area contributed by atoms with Gasteiger partial charge in [-0.1, -0.05) is 38.8 Å². The van der Waals surface area contributed by atoms with Gasteiger partial charge in [-0.05, 0) is 74.5 Å². The number of carboxylic acid groups (broad SMARTS) is 1. The van der Waals surface area contributed by atoms with Gasteiger partial charge in [-0.25, -0.2) is 0 Å². The summed E-state index contributed by atoms with van der Waals surface area (Å²) in [6.07, 6.45) is 10.4. The third-order valence-corrected chi connectivity index (χ3v) is 7.59. The minimum absolute atomic E-state index is 0.206. The molecule has 1 N–H and O–H groups in total. The number of aliphatic carboxylic acids is 1. The highest BCUT2D eigenvalue weighted by molar-refractivity contribution is 5.75. The predicted octanol–water partition coefficient (Wildman–Crippen LogP) is 5.29. The molecule has 5 atom stereocenters. The van der Waals surface area contributed by atoms with Crippen molar-refractivity contribution in [2.75, 3.05) is 0 Å². The summed E-state index contributed by atoms with van der Waals surface area (Å²) in [7, 11) is 0. The lowest BCUT2D eigenvalue weighted by Crippen LogP contribution is -2.53. The Kier molecular flexibility index (Phi) is 3.94. The summed E-state index contributed by atoms with van der Waals surface area (Å²) in [6, 6.07) is 0. The van der Waals surface area contributed by atoms with Gasteiger partial charge in [0, 0.05) is 0 Å². The first kappa shape index (κ1) is 16.1. The zero-order valence-corrected chi connectivity index (χ0v) is 14.7. The maximum absolute atomic E-state index is 12.0. The van der Waals surface area contributed by atoms with Crippen LogP contribution in [0.25, 0.3) is 0 Å². The fourth-order valence-corrected chi connectivity index (χ4v) is 6.05. The van der Waals surface area contributed by atoms with Gasteiger partial charge in [0.1, 0.15) is 0 Å². The molecule has 0 aromatic carbocycles. The SMILES string of the molecule is CC(C)[C@H]1CC[C@H]2C(=CC[C@@H]3[C@]2(C)CCC[C@@]3(C)C(=O)O)C1. The average Bonchev–Trinajstić information content (AvgIpc) is 2.46. The standard InChI is InChI=1S/C20H32O2/c1-13(2)14-6-8-16-15(12-14)7-9-17-19(16,3)10-5-11-20(17,4)18(21)22/h7,13-14,16-17H,5-6,8-12H2,1-4H3,(H,21,22)/t14-,16-,17+,19+,20+/m0/s1. The molecular formula is C20H32O2. The van der Waals surface area contributed by atoms with E-state index in [1.54, 1.807) is 5.57 Å². The van der Waals surface area contributed by atoms with Crippen molar-refractivity contribution in [2.24, 2.45) is 34.5 Å². The van der Waals surface area contributed by atoms with Crippen molar-refractivity contribution in [3.63, 3.8) is 0 Å². The van der Waals surface area contributed by atoms with E-state index in [0.29, 0.717) is 11.8 Å². The zero-order chi connectivity index (χ0) is 16.1. The Balaban J connectivity index is 1.92. The van der Waals surface area contributed by atoms with Crippen LogP contribution in [0.5, 0.6) is 0 Å². The third kappa shape index (κ3) is 2.25. The largest absolute Gasteiger partial charge is 0.481 e. The molecule has 22 heavy (non-hydrogen) atoms. The molecule has 0 radical (unpaired) electrons. The van der Waals surface area contributed by atoms with Crippen molar-refractivity contribution in [1.29, 1.82) is 0 Å². The molecule has 3 rings (SSSR count). The Labute approximate surface area is 135 Å². The molecule has 2 heteroatoms. The number of allylic oxidation sites excluding steroid dienone is 2. The highest BCUT2D eigenvalue weighted by atomic mass is 16.4. The minimum Gasteiger partial charge on any atom is -0.481 e. The first-order valence-electron chi connectivity index (χ1n) is 9.21. The molecule has 2 saturated carbocycles. The van der Waals surface area contributed by atoms with Crippen LogP contribution in [0.3, 0.4) is 0 Å². The second-order valence-corrected chi connectivity index (χ2v) is 8.99. The molecule has 0 amide bonds. The second kappa shape index (κ2) is 5.39. The molecular weight excluding hydrogens is 272 g/mol. The summed E-state index contributed by atoms with van der Waals surface area (Å²) in [4.78, 5) is 12.0. The molecule has 2 fully saturated rings. The molecule has 0 heterocycles. The van der Waals surface area contributed by atoms with E-state index in [1.165, 1.54) is 25.7 Å². The van der Waals surface area contributed by atoms with Crippen LogP contribution in [0.2, 0.25) is 0 Å². The lowest BCUT2D eigenvalue weighted by atomic mass is 9.46. The molecule has 0 aromatic rings. The lowest BCUT2D eigenvalue weighted by Gasteiger charge is -2.58. The van der Waals surface area contributed by atoms with Crippen LogP contribution in [0, 0.1) is 34.5 Å². The van der Waals surface area contributed by atoms with E-state index in [0.717, 1.165) is 31.1 Å². The molecule has 0 aliphatic heterocycles. The molecule has 2 nitrogen and oxygen atoms in total. The second-order valence-electron chi connectivity index (χ2n) is 8.99. The average molecular weight is 304 g/mol. The number of carboxylic acids is 1. The summed E-state index contributed by atoms with van der Waals surface area (Å²) in [5, 5.41) is 9.84. The molecule has 0 aromatic heterocycles. The van der Waals surface area contributed by atoms with Gasteiger partial charge in [0.15, 0.2) is 0 Å². The number of rotatable bonds is 2. The van der Waals surface area contributed by atoms with Crippen molar-refractivity contribution in [1.82, 2.24) is 0 Å². The smallest absolute Gasteiger partial charge is 0.309 e.